The molecule has 17 heavy (non-hydrogen) atoms. The second-order valence-corrected chi connectivity index (χ2v) is 5.60. The summed E-state index contributed by atoms with van der Waals surface area (Å²) in [6.45, 7) is 0. The predicted molar refractivity (Wildman–Crippen MR) is 59.8 cm³/mol. The standard InChI is InChI=1S/C9H14N2O5S/c1-15-7-4-10-8(9(11-7)16-2)6(12)5-17(3,13)14/h4,6,12H,5H2,1-3H3. The van der Waals surface area contributed by atoms with Crippen LogP contribution in [0.15, 0.2) is 6.20 Å². The fraction of sp³-hybridized carbons (Fsp3) is 0.556. The SMILES string of the molecule is COc1cnc(C(O)CS(C)(=O)=O)c(OC)n1. The number of nitrogens with zero attached hydrogens (tertiary/aromatic N) is 2. The highest BCUT2D eigenvalue weighted by molar-refractivity contribution is 7.90. The molecule has 1 N–H and O–H groups in total. The number of aromatic nitrogens is 2. The van der Waals surface area contributed by atoms with E-state index in [0.29, 0.717) is 0 Å². The molecule has 0 radical (unpaired) electrons. The van der Waals surface area contributed by atoms with Crippen LogP contribution in [0.25, 0.3) is 0 Å². The number of sulfone groups is 1. The van der Waals surface area contributed by atoms with E-state index in [-0.39, 0.29) is 17.5 Å². The van der Waals surface area contributed by atoms with Crippen molar-refractivity contribution in [3.63, 3.8) is 0 Å². The highest BCUT2D eigenvalue weighted by atomic mass is 32.2. The van der Waals surface area contributed by atoms with Crippen LogP contribution >= 0.6 is 0 Å². The minimum Gasteiger partial charge on any atom is -0.480 e. The zero-order chi connectivity index (χ0) is 13.1. The van der Waals surface area contributed by atoms with Crippen molar-refractivity contribution in [3.05, 3.63) is 11.9 Å². The molecule has 0 aromatic carbocycles. The number of ether oxygens (including phenoxy) is 2. The Bertz CT molecular complexity index is 488. The maximum atomic E-state index is 11.1. The molecular formula is C9H14N2O5S. The first-order valence-corrected chi connectivity index (χ1v) is 6.74. The van der Waals surface area contributed by atoms with Crippen LogP contribution in [0.1, 0.15) is 11.8 Å². The van der Waals surface area contributed by atoms with Gasteiger partial charge in [0.15, 0.2) is 0 Å². The quantitative estimate of drug-likeness (QED) is 0.768. The molecule has 1 unspecified atom stereocenters. The molecular weight excluding hydrogens is 248 g/mol. The van der Waals surface area contributed by atoms with E-state index in [9.17, 15) is 13.5 Å². The maximum absolute atomic E-state index is 11.1. The summed E-state index contributed by atoms with van der Waals surface area (Å²) in [5.41, 5.74) is 0.0683. The first-order valence-electron chi connectivity index (χ1n) is 4.68. The maximum Gasteiger partial charge on any atom is 0.241 e. The van der Waals surface area contributed by atoms with Crippen LogP contribution in [0.3, 0.4) is 0 Å². The van der Waals surface area contributed by atoms with E-state index in [1.54, 1.807) is 0 Å². The lowest BCUT2D eigenvalue weighted by atomic mass is 10.3. The first kappa shape index (κ1) is 13.7. The highest BCUT2D eigenvalue weighted by Gasteiger charge is 2.21. The Morgan fingerprint density at radius 2 is 2.06 bits per heavy atom. The molecule has 0 spiro atoms. The Hall–Kier alpha value is -1.41. The minimum absolute atomic E-state index is 0.0421. The van der Waals surface area contributed by atoms with E-state index in [4.69, 9.17) is 9.47 Å². The van der Waals surface area contributed by atoms with Crippen LogP contribution < -0.4 is 9.47 Å². The fourth-order valence-electron chi connectivity index (χ4n) is 1.21. The van der Waals surface area contributed by atoms with Crippen LogP contribution in [-0.2, 0) is 9.84 Å². The molecule has 8 heteroatoms. The van der Waals surface area contributed by atoms with E-state index in [1.807, 2.05) is 0 Å². The number of hydrogen-bond acceptors (Lipinski definition) is 7. The molecule has 1 atom stereocenters. The van der Waals surface area contributed by atoms with Crippen molar-refractivity contribution in [2.24, 2.45) is 0 Å². The van der Waals surface area contributed by atoms with Crippen LogP contribution in [0.4, 0.5) is 0 Å². The molecule has 1 aromatic heterocycles. The molecule has 0 aliphatic rings. The summed E-state index contributed by atoms with van der Waals surface area (Å²) >= 11 is 0. The van der Waals surface area contributed by atoms with Crippen molar-refractivity contribution < 1.29 is 23.0 Å². The lowest BCUT2D eigenvalue weighted by Crippen LogP contribution is -2.15. The molecule has 1 heterocycles. The Kier molecular flexibility index (Phi) is 4.24. The first-order chi connectivity index (χ1) is 7.87. The van der Waals surface area contributed by atoms with Crippen LogP contribution in [-0.4, -0.2) is 49.7 Å². The molecule has 1 aromatic rings. The Morgan fingerprint density at radius 1 is 1.41 bits per heavy atom. The molecule has 0 saturated heterocycles. The summed E-state index contributed by atoms with van der Waals surface area (Å²) in [7, 11) is -0.557. The lowest BCUT2D eigenvalue weighted by molar-refractivity contribution is 0.189. The van der Waals surface area contributed by atoms with Gasteiger partial charge >= 0.3 is 0 Å². The van der Waals surface area contributed by atoms with E-state index in [2.05, 4.69) is 9.97 Å². The molecule has 0 amide bonds. The van der Waals surface area contributed by atoms with E-state index < -0.39 is 21.7 Å². The Labute approximate surface area is 99.3 Å². The van der Waals surface area contributed by atoms with Gasteiger partial charge in [-0.15, -0.1) is 0 Å². The normalized spacial score (nSPS) is 13.2. The lowest BCUT2D eigenvalue weighted by Gasteiger charge is -2.12. The van der Waals surface area contributed by atoms with Gasteiger partial charge in [-0.3, -0.25) is 0 Å². The van der Waals surface area contributed by atoms with Gasteiger partial charge in [0, 0.05) is 6.26 Å². The van der Waals surface area contributed by atoms with Crippen molar-refractivity contribution >= 4 is 9.84 Å². The summed E-state index contributed by atoms with van der Waals surface area (Å²) < 4.78 is 31.9. The molecule has 0 aliphatic heterocycles. The highest BCUT2D eigenvalue weighted by Crippen LogP contribution is 2.23. The summed E-state index contributed by atoms with van der Waals surface area (Å²) in [5, 5.41) is 9.73. The molecule has 96 valence electrons. The number of aliphatic hydroxyl groups excluding tert-OH is 1. The summed E-state index contributed by atoms with van der Waals surface area (Å²) in [6, 6.07) is 0. The minimum atomic E-state index is -3.32. The van der Waals surface area contributed by atoms with Gasteiger partial charge in [-0.1, -0.05) is 0 Å². The van der Waals surface area contributed by atoms with Crippen LogP contribution in [0.2, 0.25) is 0 Å². The fourth-order valence-corrected chi connectivity index (χ4v) is 1.94. The summed E-state index contributed by atoms with van der Waals surface area (Å²) in [5.74, 6) is -0.178. The number of hydrogen-bond donors (Lipinski definition) is 1. The summed E-state index contributed by atoms with van der Waals surface area (Å²) in [6.07, 6.45) is 1.03. The van der Waals surface area contributed by atoms with Gasteiger partial charge < -0.3 is 14.6 Å². The van der Waals surface area contributed by atoms with Gasteiger partial charge in [0.1, 0.15) is 21.6 Å². The van der Waals surface area contributed by atoms with Gasteiger partial charge in [0.2, 0.25) is 11.8 Å². The largest absolute Gasteiger partial charge is 0.480 e. The van der Waals surface area contributed by atoms with Crippen LogP contribution in [0, 0.1) is 0 Å². The zero-order valence-corrected chi connectivity index (χ0v) is 10.6. The van der Waals surface area contributed by atoms with Gasteiger partial charge in [-0.2, -0.15) is 4.98 Å². The monoisotopic (exact) mass is 262 g/mol. The topological polar surface area (TPSA) is 98.6 Å². The van der Waals surface area contributed by atoms with Gasteiger partial charge in [-0.05, 0) is 0 Å². The summed E-state index contributed by atoms with van der Waals surface area (Å²) in [4.78, 5) is 7.78. The second kappa shape index (κ2) is 5.28. The van der Waals surface area contributed by atoms with Gasteiger partial charge in [-0.25, -0.2) is 13.4 Å². The third kappa shape index (κ3) is 3.82. The second-order valence-electron chi connectivity index (χ2n) is 3.42. The van der Waals surface area contributed by atoms with E-state index >= 15 is 0 Å². The average molecular weight is 262 g/mol. The number of rotatable bonds is 5. The van der Waals surface area contributed by atoms with Crippen molar-refractivity contribution in [2.45, 2.75) is 6.10 Å². The van der Waals surface area contributed by atoms with Gasteiger partial charge in [0.05, 0.1) is 26.2 Å². The Balaban J connectivity index is 3.04. The third-order valence-corrected chi connectivity index (χ3v) is 2.84. The van der Waals surface area contributed by atoms with Gasteiger partial charge in [0.25, 0.3) is 0 Å². The van der Waals surface area contributed by atoms with Crippen LogP contribution in [0.5, 0.6) is 11.8 Å². The predicted octanol–water partition coefficient (Wildman–Crippen LogP) is -0.428. The average Bonchev–Trinajstić information content (AvgIpc) is 2.25. The molecule has 1 rings (SSSR count). The third-order valence-electron chi connectivity index (χ3n) is 1.92. The van der Waals surface area contributed by atoms with E-state index in [1.165, 1.54) is 20.4 Å². The molecule has 0 aliphatic carbocycles. The number of methoxy groups -OCH3 is 2. The molecule has 0 bridgehead atoms. The van der Waals surface area contributed by atoms with Crippen molar-refractivity contribution in [2.75, 3.05) is 26.2 Å². The molecule has 7 nitrogen and oxygen atoms in total. The van der Waals surface area contributed by atoms with E-state index in [0.717, 1.165) is 6.26 Å². The zero-order valence-electron chi connectivity index (χ0n) is 9.74. The molecule has 0 saturated carbocycles. The van der Waals surface area contributed by atoms with Crippen molar-refractivity contribution in [1.82, 2.24) is 9.97 Å². The smallest absolute Gasteiger partial charge is 0.241 e. The Morgan fingerprint density at radius 3 is 2.53 bits per heavy atom. The molecule has 0 fully saturated rings. The van der Waals surface area contributed by atoms with Crippen molar-refractivity contribution in [3.8, 4) is 11.8 Å². The van der Waals surface area contributed by atoms with Crippen molar-refractivity contribution in [1.29, 1.82) is 0 Å². The number of aliphatic hydroxyl groups is 1.